The third-order valence-electron chi connectivity index (χ3n) is 2.61. The molecule has 0 bridgehead atoms. The van der Waals surface area contributed by atoms with E-state index in [1.165, 1.54) is 6.26 Å². The second-order valence-electron chi connectivity index (χ2n) is 4.33. The van der Waals surface area contributed by atoms with E-state index >= 15 is 0 Å². The number of rotatable bonds is 5. The Morgan fingerprint density at radius 1 is 1.50 bits per heavy atom. The van der Waals surface area contributed by atoms with Crippen LogP contribution in [-0.2, 0) is 14.6 Å². The third-order valence-corrected chi connectivity index (χ3v) is 3.64. The molecule has 1 rings (SSSR count). The van der Waals surface area contributed by atoms with Gasteiger partial charge < -0.3 is 10.6 Å². The van der Waals surface area contributed by atoms with Crippen LogP contribution >= 0.6 is 0 Å². The van der Waals surface area contributed by atoms with Crippen molar-refractivity contribution in [3.8, 4) is 0 Å². The Labute approximate surface area is 96.9 Å². The van der Waals surface area contributed by atoms with E-state index in [4.69, 9.17) is 0 Å². The molecule has 0 aromatic heterocycles. The van der Waals surface area contributed by atoms with E-state index < -0.39 is 9.84 Å². The van der Waals surface area contributed by atoms with Gasteiger partial charge in [-0.15, -0.1) is 0 Å². The highest BCUT2D eigenvalue weighted by atomic mass is 32.2. The lowest BCUT2D eigenvalue weighted by Crippen LogP contribution is -2.33. The van der Waals surface area contributed by atoms with Gasteiger partial charge in [-0.3, -0.25) is 4.79 Å². The van der Waals surface area contributed by atoms with E-state index in [1.807, 2.05) is 0 Å². The maximum absolute atomic E-state index is 11.2. The fourth-order valence-electron chi connectivity index (χ4n) is 1.79. The second kappa shape index (κ2) is 6.20. The molecule has 6 heteroatoms. The standard InChI is InChI=1S/C10H20N2O3S/c1-16(14,15)7-3-6-11-9-4-2-5-12-10(13)8-9/h9,11H,2-8H2,1H3,(H,12,13). The molecule has 1 saturated heterocycles. The number of carbonyl (C=O) groups is 1. The van der Waals surface area contributed by atoms with Crippen molar-refractivity contribution in [2.45, 2.75) is 31.7 Å². The first-order valence-corrected chi connectivity index (χ1v) is 7.71. The lowest BCUT2D eigenvalue weighted by molar-refractivity contribution is -0.121. The van der Waals surface area contributed by atoms with Crippen LogP contribution in [0.25, 0.3) is 0 Å². The number of amides is 1. The fraction of sp³-hybridized carbons (Fsp3) is 0.900. The van der Waals surface area contributed by atoms with Gasteiger partial charge in [-0.25, -0.2) is 8.42 Å². The molecule has 0 aromatic carbocycles. The topological polar surface area (TPSA) is 75.3 Å². The molecule has 94 valence electrons. The first-order chi connectivity index (χ1) is 7.47. The van der Waals surface area contributed by atoms with Gasteiger partial charge in [0.1, 0.15) is 9.84 Å². The van der Waals surface area contributed by atoms with Crippen LogP contribution in [0.4, 0.5) is 0 Å². The van der Waals surface area contributed by atoms with Gasteiger partial charge in [0, 0.05) is 25.3 Å². The molecule has 0 aliphatic carbocycles. The Balaban J connectivity index is 2.19. The van der Waals surface area contributed by atoms with Crippen LogP contribution in [-0.4, -0.2) is 45.5 Å². The number of hydrogen-bond acceptors (Lipinski definition) is 4. The Bertz CT molecular complexity index is 327. The van der Waals surface area contributed by atoms with Crippen molar-refractivity contribution in [2.24, 2.45) is 0 Å². The van der Waals surface area contributed by atoms with E-state index in [1.54, 1.807) is 0 Å². The minimum atomic E-state index is -2.86. The number of carbonyl (C=O) groups excluding carboxylic acids is 1. The number of hydrogen-bond donors (Lipinski definition) is 2. The lowest BCUT2D eigenvalue weighted by Gasteiger charge is -2.14. The summed E-state index contributed by atoms with van der Waals surface area (Å²) in [6, 6.07) is 0.196. The largest absolute Gasteiger partial charge is 0.356 e. The molecular weight excluding hydrogens is 228 g/mol. The van der Waals surface area contributed by atoms with Crippen molar-refractivity contribution in [1.82, 2.24) is 10.6 Å². The Morgan fingerprint density at radius 3 is 2.94 bits per heavy atom. The zero-order valence-electron chi connectivity index (χ0n) is 9.66. The molecule has 1 aliphatic rings. The average Bonchev–Trinajstić information content (AvgIpc) is 2.36. The van der Waals surface area contributed by atoms with Gasteiger partial charge in [0.25, 0.3) is 0 Å². The first kappa shape index (κ1) is 13.4. The monoisotopic (exact) mass is 248 g/mol. The maximum atomic E-state index is 11.2. The molecule has 1 atom stereocenters. The molecule has 0 spiro atoms. The second-order valence-corrected chi connectivity index (χ2v) is 6.59. The van der Waals surface area contributed by atoms with Gasteiger partial charge >= 0.3 is 0 Å². The zero-order valence-corrected chi connectivity index (χ0v) is 10.5. The Morgan fingerprint density at radius 2 is 2.25 bits per heavy atom. The highest BCUT2D eigenvalue weighted by Crippen LogP contribution is 2.05. The van der Waals surface area contributed by atoms with Crippen molar-refractivity contribution in [3.63, 3.8) is 0 Å². The van der Waals surface area contributed by atoms with Crippen LogP contribution in [0.2, 0.25) is 0 Å². The molecule has 1 heterocycles. The molecule has 2 N–H and O–H groups in total. The molecule has 0 saturated carbocycles. The van der Waals surface area contributed by atoms with Crippen LogP contribution in [0.15, 0.2) is 0 Å². The van der Waals surface area contributed by atoms with Crippen molar-refractivity contribution in [2.75, 3.05) is 25.1 Å². The molecule has 1 unspecified atom stereocenters. The number of nitrogens with one attached hydrogen (secondary N) is 2. The lowest BCUT2D eigenvalue weighted by atomic mass is 10.1. The summed E-state index contributed by atoms with van der Waals surface area (Å²) in [7, 11) is -2.86. The highest BCUT2D eigenvalue weighted by Gasteiger charge is 2.16. The summed E-state index contributed by atoms with van der Waals surface area (Å²) in [4.78, 5) is 11.2. The van der Waals surface area contributed by atoms with Crippen molar-refractivity contribution < 1.29 is 13.2 Å². The summed E-state index contributed by atoms with van der Waals surface area (Å²) in [6.07, 6.45) is 4.30. The molecule has 5 nitrogen and oxygen atoms in total. The maximum Gasteiger partial charge on any atom is 0.221 e. The molecule has 0 aromatic rings. The average molecular weight is 248 g/mol. The minimum Gasteiger partial charge on any atom is -0.356 e. The third kappa shape index (κ3) is 6.07. The normalized spacial score (nSPS) is 22.6. The van der Waals surface area contributed by atoms with E-state index in [2.05, 4.69) is 10.6 Å². The molecule has 0 radical (unpaired) electrons. The quantitative estimate of drug-likeness (QED) is 0.654. The van der Waals surface area contributed by atoms with Crippen LogP contribution < -0.4 is 10.6 Å². The summed E-state index contributed by atoms with van der Waals surface area (Å²) in [5.41, 5.74) is 0. The summed E-state index contributed by atoms with van der Waals surface area (Å²) in [5, 5.41) is 6.05. The first-order valence-electron chi connectivity index (χ1n) is 5.65. The van der Waals surface area contributed by atoms with Gasteiger partial charge in [-0.1, -0.05) is 0 Å². The number of sulfone groups is 1. The predicted molar refractivity (Wildman–Crippen MR) is 63.0 cm³/mol. The van der Waals surface area contributed by atoms with Crippen LogP contribution in [0, 0.1) is 0 Å². The Kier molecular flexibility index (Phi) is 5.21. The van der Waals surface area contributed by atoms with Crippen LogP contribution in [0.3, 0.4) is 0 Å². The van der Waals surface area contributed by atoms with Gasteiger partial charge in [0.15, 0.2) is 0 Å². The van der Waals surface area contributed by atoms with Crippen molar-refractivity contribution in [1.29, 1.82) is 0 Å². The van der Waals surface area contributed by atoms with E-state index in [0.29, 0.717) is 19.4 Å². The summed E-state index contributed by atoms with van der Waals surface area (Å²) >= 11 is 0. The molecule has 16 heavy (non-hydrogen) atoms. The molecule has 1 amide bonds. The molecule has 1 aliphatic heterocycles. The fourth-order valence-corrected chi connectivity index (χ4v) is 2.46. The summed E-state index contributed by atoms with van der Waals surface area (Å²) < 4.78 is 21.8. The van der Waals surface area contributed by atoms with E-state index in [9.17, 15) is 13.2 Å². The van der Waals surface area contributed by atoms with Gasteiger partial charge in [0.2, 0.25) is 5.91 Å². The van der Waals surface area contributed by atoms with Crippen LogP contribution in [0.1, 0.15) is 25.7 Å². The summed E-state index contributed by atoms with van der Waals surface area (Å²) in [5.74, 6) is 0.289. The van der Waals surface area contributed by atoms with Gasteiger partial charge in [-0.2, -0.15) is 0 Å². The van der Waals surface area contributed by atoms with Crippen molar-refractivity contribution in [3.05, 3.63) is 0 Å². The molecular formula is C10H20N2O3S. The predicted octanol–water partition coefficient (Wildman–Crippen LogP) is -0.321. The van der Waals surface area contributed by atoms with Crippen molar-refractivity contribution >= 4 is 15.7 Å². The SMILES string of the molecule is CS(=O)(=O)CCCNC1CCCNC(=O)C1. The van der Waals surface area contributed by atoms with Gasteiger partial charge in [0.05, 0.1) is 5.75 Å². The highest BCUT2D eigenvalue weighted by molar-refractivity contribution is 7.90. The van der Waals surface area contributed by atoms with E-state index in [-0.39, 0.29) is 17.7 Å². The van der Waals surface area contributed by atoms with Crippen LogP contribution in [0.5, 0.6) is 0 Å². The Hall–Kier alpha value is -0.620. The minimum absolute atomic E-state index is 0.0816. The zero-order chi connectivity index (χ0) is 12.0. The molecule has 1 fully saturated rings. The van der Waals surface area contributed by atoms with Gasteiger partial charge in [-0.05, 0) is 25.8 Å². The smallest absolute Gasteiger partial charge is 0.221 e. The summed E-state index contributed by atoms with van der Waals surface area (Å²) in [6.45, 7) is 1.41. The van der Waals surface area contributed by atoms with E-state index in [0.717, 1.165) is 19.4 Å².